The second-order valence-electron chi connectivity index (χ2n) is 4.06. The van der Waals surface area contributed by atoms with Crippen molar-refractivity contribution in [2.24, 2.45) is 10.9 Å². The minimum atomic E-state index is 0.257. The predicted octanol–water partition coefficient (Wildman–Crippen LogP) is 1.32. The molecule has 106 valence electrons. The zero-order chi connectivity index (χ0) is 14.1. The molecule has 6 nitrogen and oxygen atoms in total. The summed E-state index contributed by atoms with van der Waals surface area (Å²) in [6, 6.07) is 5.81. The molecule has 0 fully saturated rings. The smallest absolute Gasteiger partial charge is 0.161 e. The minimum absolute atomic E-state index is 0.257. The van der Waals surface area contributed by atoms with Crippen molar-refractivity contribution in [1.82, 2.24) is 5.32 Å². The summed E-state index contributed by atoms with van der Waals surface area (Å²) in [4.78, 5) is 0. The number of amidine groups is 1. The largest absolute Gasteiger partial charge is 0.493 e. The van der Waals surface area contributed by atoms with Gasteiger partial charge in [0.2, 0.25) is 0 Å². The Kier molecular flexibility index (Phi) is 6.52. The van der Waals surface area contributed by atoms with E-state index in [1.165, 1.54) is 0 Å². The zero-order valence-corrected chi connectivity index (χ0v) is 11.3. The Morgan fingerprint density at radius 2 is 2.05 bits per heavy atom. The van der Waals surface area contributed by atoms with Crippen LogP contribution in [0.5, 0.6) is 11.5 Å². The maximum absolute atomic E-state index is 8.39. The van der Waals surface area contributed by atoms with Crippen LogP contribution in [0.15, 0.2) is 23.4 Å². The number of benzene rings is 1. The average Bonchev–Trinajstić information content (AvgIpc) is 2.46. The SMILES string of the molecule is COc1ccc(CNCCCC(N)=NO)cc1OC. The first-order valence-corrected chi connectivity index (χ1v) is 6.09. The third kappa shape index (κ3) is 5.05. The molecule has 0 amide bonds. The average molecular weight is 267 g/mol. The van der Waals surface area contributed by atoms with E-state index in [4.69, 9.17) is 20.4 Å². The molecule has 0 aromatic heterocycles. The summed E-state index contributed by atoms with van der Waals surface area (Å²) in [5.74, 6) is 1.70. The van der Waals surface area contributed by atoms with Crippen molar-refractivity contribution in [1.29, 1.82) is 0 Å². The van der Waals surface area contributed by atoms with Gasteiger partial charge in [-0.3, -0.25) is 0 Å². The molecule has 0 aliphatic carbocycles. The summed E-state index contributed by atoms with van der Waals surface area (Å²) < 4.78 is 10.4. The molecule has 0 aliphatic rings. The molecular formula is C13H21N3O3. The number of rotatable bonds is 8. The highest BCUT2D eigenvalue weighted by molar-refractivity contribution is 5.79. The number of hydrogen-bond acceptors (Lipinski definition) is 5. The van der Waals surface area contributed by atoms with Crippen LogP contribution in [-0.2, 0) is 6.54 Å². The third-order valence-electron chi connectivity index (χ3n) is 2.69. The lowest BCUT2D eigenvalue weighted by Gasteiger charge is -2.10. The molecule has 0 bridgehead atoms. The van der Waals surface area contributed by atoms with Crippen LogP contribution >= 0.6 is 0 Å². The molecule has 0 atom stereocenters. The standard InChI is InChI=1S/C13H21N3O3/c1-18-11-6-5-10(8-12(11)19-2)9-15-7-3-4-13(14)16-17/h5-6,8,15,17H,3-4,7,9H2,1-2H3,(H2,14,16). The van der Waals surface area contributed by atoms with Gasteiger partial charge in [-0.15, -0.1) is 0 Å². The van der Waals surface area contributed by atoms with Crippen molar-refractivity contribution in [2.75, 3.05) is 20.8 Å². The molecule has 4 N–H and O–H groups in total. The molecular weight excluding hydrogens is 246 g/mol. The van der Waals surface area contributed by atoms with E-state index in [1.54, 1.807) is 14.2 Å². The Morgan fingerprint density at radius 3 is 2.68 bits per heavy atom. The van der Waals surface area contributed by atoms with Gasteiger partial charge < -0.3 is 25.7 Å². The molecule has 0 spiro atoms. The van der Waals surface area contributed by atoms with Crippen molar-refractivity contribution in [3.8, 4) is 11.5 Å². The molecule has 0 heterocycles. The van der Waals surface area contributed by atoms with Gasteiger partial charge in [-0.25, -0.2) is 0 Å². The van der Waals surface area contributed by atoms with Gasteiger partial charge in [0.15, 0.2) is 11.5 Å². The number of methoxy groups -OCH3 is 2. The van der Waals surface area contributed by atoms with Crippen molar-refractivity contribution >= 4 is 5.84 Å². The Labute approximate surface area is 113 Å². The molecule has 0 unspecified atom stereocenters. The van der Waals surface area contributed by atoms with E-state index < -0.39 is 0 Å². The van der Waals surface area contributed by atoms with Crippen molar-refractivity contribution in [3.63, 3.8) is 0 Å². The van der Waals surface area contributed by atoms with Crippen LogP contribution < -0.4 is 20.5 Å². The Bertz CT molecular complexity index is 422. The second-order valence-corrected chi connectivity index (χ2v) is 4.06. The molecule has 19 heavy (non-hydrogen) atoms. The molecule has 1 rings (SSSR count). The van der Waals surface area contributed by atoms with E-state index in [0.717, 1.165) is 36.6 Å². The topological polar surface area (TPSA) is 89.1 Å². The van der Waals surface area contributed by atoms with E-state index in [-0.39, 0.29) is 5.84 Å². The molecule has 0 aliphatic heterocycles. The normalized spacial score (nSPS) is 11.4. The van der Waals surface area contributed by atoms with Crippen LogP contribution in [0.3, 0.4) is 0 Å². The fourth-order valence-electron chi connectivity index (χ4n) is 1.67. The van der Waals surface area contributed by atoms with Gasteiger partial charge in [-0.05, 0) is 30.7 Å². The summed E-state index contributed by atoms with van der Waals surface area (Å²) in [6.45, 7) is 1.53. The van der Waals surface area contributed by atoms with Crippen molar-refractivity contribution in [3.05, 3.63) is 23.8 Å². The van der Waals surface area contributed by atoms with Gasteiger partial charge >= 0.3 is 0 Å². The molecule has 6 heteroatoms. The first kappa shape index (κ1) is 15.1. The van der Waals surface area contributed by atoms with Gasteiger partial charge in [0.1, 0.15) is 5.84 Å². The number of oxime groups is 1. The number of hydrogen-bond donors (Lipinski definition) is 3. The lowest BCUT2D eigenvalue weighted by Crippen LogP contribution is -2.18. The van der Waals surface area contributed by atoms with Gasteiger partial charge in [0, 0.05) is 13.0 Å². The van der Waals surface area contributed by atoms with E-state index in [9.17, 15) is 0 Å². The lowest BCUT2D eigenvalue weighted by molar-refractivity contribution is 0.316. The Hall–Kier alpha value is -1.95. The van der Waals surface area contributed by atoms with Gasteiger partial charge in [0.05, 0.1) is 14.2 Å². The fraction of sp³-hybridized carbons (Fsp3) is 0.462. The van der Waals surface area contributed by atoms with E-state index in [2.05, 4.69) is 10.5 Å². The highest BCUT2D eigenvalue weighted by Gasteiger charge is 2.04. The van der Waals surface area contributed by atoms with Crippen molar-refractivity contribution in [2.45, 2.75) is 19.4 Å². The quantitative estimate of drug-likeness (QED) is 0.217. The number of nitrogens with two attached hydrogens (primary N) is 1. The van der Waals surface area contributed by atoms with Crippen LogP contribution in [0, 0.1) is 0 Å². The second kappa shape index (κ2) is 8.20. The molecule has 1 aromatic rings. The van der Waals surface area contributed by atoms with Crippen molar-refractivity contribution < 1.29 is 14.7 Å². The van der Waals surface area contributed by atoms with Crippen LogP contribution in [0.2, 0.25) is 0 Å². The fourth-order valence-corrected chi connectivity index (χ4v) is 1.67. The Balaban J connectivity index is 2.37. The zero-order valence-electron chi connectivity index (χ0n) is 11.3. The monoisotopic (exact) mass is 267 g/mol. The van der Waals surface area contributed by atoms with Crippen LogP contribution in [0.1, 0.15) is 18.4 Å². The molecule has 0 radical (unpaired) electrons. The summed E-state index contributed by atoms with van der Waals surface area (Å²) in [6.07, 6.45) is 1.40. The first-order chi connectivity index (χ1) is 9.21. The molecule has 0 saturated carbocycles. The van der Waals surface area contributed by atoms with Crippen LogP contribution in [0.4, 0.5) is 0 Å². The predicted molar refractivity (Wildman–Crippen MR) is 73.9 cm³/mol. The maximum atomic E-state index is 8.39. The van der Waals surface area contributed by atoms with Crippen LogP contribution in [0.25, 0.3) is 0 Å². The summed E-state index contributed by atoms with van der Waals surface area (Å²) in [5.41, 5.74) is 6.49. The highest BCUT2D eigenvalue weighted by atomic mass is 16.5. The maximum Gasteiger partial charge on any atom is 0.161 e. The number of nitrogens with zero attached hydrogens (tertiary/aromatic N) is 1. The molecule has 1 aromatic carbocycles. The van der Waals surface area contributed by atoms with E-state index >= 15 is 0 Å². The summed E-state index contributed by atoms with van der Waals surface area (Å²) in [5, 5.41) is 14.6. The molecule has 0 saturated heterocycles. The summed E-state index contributed by atoms with van der Waals surface area (Å²) >= 11 is 0. The first-order valence-electron chi connectivity index (χ1n) is 6.09. The van der Waals surface area contributed by atoms with E-state index in [1.807, 2.05) is 18.2 Å². The number of ether oxygens (including phenoxy) is 2. The van der Waals surface area contributed by atoms with E-state index in [0.29, 0.717) is 6.42 Å². The highest BCUT2D eigenvalue weighted by Crippen LogP contribution is 2.27. The summed E-state index contributed by atoms with van der Waals surface area (Å²) in [7, 11) is 3.23. The number of nitrogens with one attached hydrogen (secondary N) is 1. The van der Waals surface area contributed by atoms with Gasteiger partial charge in [0.25, 0.3) is 0 Å². The van der Waals surface area contributed by atoms with Gasteiger partial charge in [-0.1, -0.05) is 11.2 Å². The Morgan fingerprint density at radius 1 is 1.32 bits per heavy atom. The minimum Gasteiger partial charge on any atom is -0.493 e. The van der Waals surface area contributed by atoms with Gasteiger partial charge in [-0.2, -0.15) is 0 Å². The lowest BCUT2D eigenvalue weighted by atomic mass is 10.2. The van der Waals surface area contributed by atoms with Crippen LogP contribution in [-0.4, -0.2) is 31.8 Å². The third-order valence-corrected chi connectivity index (χ3v) is 2.69.